The molecule has 1 aromatic carbocycles. The molecule has 1 atom stereocenters. The molecule has 1 unspecified atom stereocenters. The molecule has 0 bridgehead atoms. The lowest BCUT2D eigenvalue weighted by Crippen LogP contribution is -2.25. The maximum Gasteiger partial charge on any atom is 0.115 e. The van der Waals surface area contributed by atoms with Crippen molar-refractivity contribution in [2.24, 2.45) is 0 Å². The second-order valence-corrected chi connectivity index (χ2v) is 3.91. The van der Waals surface area contributed by atoms with Gasteiger partial charge in [0.2, 0.25) is 0 Å². The first kappa shape index (κ1) is 10.1. The van der Waals surface area contributed by atoms with E-state index in [2.05, 4.69) is 11.2 Å². The molecule has 1 aliphatic carbocycles. The highest BCUT2D eigenvalue weighted by atomic mass is 16.3. The summed E-state index contributed by atoms with van der Waals surface area (Å²) in [7, 11) is 0. The minimum atomic E-state index is 0.352. The summed E-state index contributed by atoms with van der Waals surface area (Å²) in [6, 6.07) is 5.96. The van der Waals surface area contributed by atoms with Gasteiger partial charge in [-0.2, -0.15) is 0 Å². The molecule has 2 N–H and O–H groups in total. The monoisotopic (exact) mass is 201 g/mol. The molecule has 2 heteroatoms. The normalized spacial score (nSPS) is 19.3. The van der Waals surface area contributed by atoms with Crippen LogP contribution in [0.4, 0.5) is 0 Å². The molecule has 15 heavy (non-hydrogen) atoms. The topological polar surface area (TPSA) is 32.3 Å². The molecule has 0 spiro atoms. The van der Waals surface area contributed by atoms with E-state index >= 15 is 0 Å². The second-order valence-electron chi connectivity index (χ2n) is 3.91. The average Bonchev–Trinajstić information content (AvgIpc) is 2.25. The van der Waals surface area contributed by atoms with Crippen LogP contribution in [0.25, 0.3) is 0 Å². The Morgan fingerprint density at radius 3 is 3.20 bits per heavy atom. The van der Waals surface area contributed by atoms with E-state index in [-0.39, 0.29) is 0 Å². The number of aromatic hydroxyl groups is 1. The lowest BCUT2D eigenvalue weighted by molar-refractivity contribution is 0.462. The summed E-state index contributed by atoms with van der Waals surface area (Å²) in [5.74, 6) is 2.95. The number of terminal acetylenes is 1. The van der Waals surface area contributed by atoms with Crippen molar-refractivity contribution in [1.82, 2.24) is 5.32 Å². The van der Waals surface area contributed by atoms with Gasteiger partial charge >= 0.3 is 0 Å². The van der Waals surface area contributed by atoms with Crippen molar-refractivity contribution in [3.63, 3.8) is 0 Å². The van der Waals surface area contributed by atoms with Crippen LogP contribution in [-0.2, 0) is 6.42 Å². The number of rotatable bonds is 2. The third kappa shape index (κ3) is 2.14. The predicted octanol–water partition coefficient (Wildman–Crippen LogP) is 1.99. The SMILES string of the molecule is C#CCNC1CCCc2cc(O)ccc21. The summed E-state index contributed by atoms with van der Waals surface area (Å²) in [5, 5.41) is 12.7. The quantitative estimate of drug-likeness (QED) is 0.717. The fourth-order valence-electron chi connectivity index (χ4n) is 2.19. The molecular formula is C13H15NO. The highest BCUT2D eigenvalue weighted by Gasteiger charge is 2.19. The average molecular weight is 201 g/mol. The third-order valence-corrected chi connectivity index (χ3v) is 2.89. The molecule has 1 aliphatic rings. The van der Waals surface area contributed by atoms with Crippen molar-refractivity contribution in [3.05, 3.63) is 29.3 Å². The summed E-state index contributed by atoms with van der Waals surface area (Å²) in [6.07, 6.45) is 8.57. The van der Waals surface area contributed by atoms with Gasteiger partial charge in [-0.15, -0.1) is 6.42 Å². The Kier molecular flexibility index (Phi) is 2.94. The highest BCUT2D eigenvalue weighted by molar-refractivity contribution is 5.38. The minimum Gasteiger partial charge on any atom is -0.508 e. The molecule has 1 aromatic rings. The third-order valence-electron chi connectivity index (χ3n) is 2.89. The Labute approximate surface area is 90.3 Å². The molecule has 0 aliphatic heterocycles. The summed E-state index contributed by atoms with van der Waals surface area (Å²) in [5.41, 5.74) is 2.53. The van der Waals surface area contributed by atoms with E-state index in [4.69, 9.17) is 6.42 Å². The van der Waals surface area contributed by atoms with Crippen molar-refractivity contribution in [2.75, 3.05) is 6.54 Å². The van der Waals surface area contributed by atoms with E-state index in [0.717, 1.165) is 19.3 Å². The molecule has 0 amide bonds. The van der Waals surface area contributed by atoms with Gasteiger partial charge in [0.25, 0.3) is 0 Å². The Morgan fingerprint density at radius 1 is 1.53 bits per heavy atom. The van der Waals surface area contributed by atoms with Crippen molar-refractivity contribution in [1.29, 1.82) is 0 Å². The molecule has 0 saturated heterocycles. The number of hydrogen-bond acceptors (Lipinski definition) is 2. The van der Waals surface area contributed by atoms with Crippen LogP contribution in [0.3, 0.4) is 0 Å². The molecule has 0 fully saturated rings. The van der Waals surface area contributed by atoms with Crippen LogP contribution in [0.2, 0.25) is 0 Å². The number of benzene rings is 1. The Morgan fingerprint density at radius 2 is 2.40 bits per heavy atom. The van der Waals surface area contributed by atoms with E-state index in [0.29, 0.717) is 18.3 Å². The Bertz CT molecular complexity index is 392. The summed E-state index contributed by atoms with van der Waals surface area (Å²) in [6.45, 7) is 0.602. The van der Waals surface area contributed by atoms with Crippen LogP contribution in [0.5, 0.6) is 5.75 Å². The fraction of sp³-hybridized carbons (Fsp3) is 0.385. The molecule has 0 heterocycles. The molecular weight excluding hydrogens is 186 g/mol. The van der Waals surface area contributed by atoms with Crippen LogP contribution >= 0.6 is 0 Å². The van der Waals surface area contributed by atoms with E-state index in [1.807, 2.05) is 12.1 Å². The van der Waals surface area contributed by atoms with Gasteiger partial charge in [0, 0.05) is 6.04 Å². The highest BCUT2D eigenvalue weighted by Crippen LogP contribution is 2.31. The zero-order chi connectivity index (χ0) is 10.7. The summed E-state index contributed by atoms with van der Waals surface area (Å²) in [4.78, 5) is 0. The number of fused-ring (bicyclic) bond motifs is 1. The zero-order valence-electron chi connectivity index (χ0n) is 8.66. The number of aryl methyl sites for hydroxylation is 1. The zero-order valence-corrected chi connectivity index (χ0v) is 8.66. The predicted molar refractivity (Wildman–Crippen MR) is 60.6 cm³/mol. The van der Waals surface area contributed by atoms with Crippen molar-refractivity contribution in [2.45, 2.75) is 25.3 Å². The van der Waals surface area contributed by atoms with Gasteiger partial charge in [0.1, 0.15) is 5.75 Å². The number of phenols is 1. The van der Waals surface area contributed by atoms with Gasteiger partial charge in [-0.25, -0.2) is 0 Å². The van der Waals surface area contributed by atoms with Gasteiger partial charge in [0.15, 0.2) is 0 Å². The van der Waals surface area contributed by atoms with Gasteiger partial charge in [-0.05, 0) is 42.5 Å². The van der Waals surface area contributed by atoms with Gasteiger partial charge < -0.3 is 5.11 Å². The van der Waals surface area contributed by atoms with Gasteiger partial charge in [-0.1, -0.05) is 12.0 Å². The van der Waals surface area contributed by atoms with Crippen molar-refractivity contribution < 1.29 is 5.11 Å². The Balaban J connectivity index is 2.23. The van der Waals surface area contributed by atoms with Crippen LogP contribution in [0, 0.1) is 12.3 Å². The molecule has 78 valence electrons. The maximum atomic E-state index is 9.40. The molecule has 0 saturated carbocycles. The van der Waals surface area contributed by atoms with Crippen LogP contribution in [-0.4, -0.2) is 11.7 Å². The first-order chi connectivity index (χ1) is 7.31. The largest absolute Gasteiger partial charge is 0.508 e. The summed E-state index contributed by atoms with van der Waals surface area (Å²) < 4.78 is 0. The van der Waals surface area contributed by atoms with Crippen LogP contribution < -0.4 is 5.32 Å². The standard InChI is InChI=1S/C13H15NO/c1-2-8-14-13-5-3-4-10-9-11(15)6-7-12(10)13/h1,6-7,9,13-15H,3-5,8H2. The smallest absolute Gasteiger partial charge is 0.115 e. The first-order valence-corrected chi connectivity index (χ1v) is 5.30. The Hall–Kier alpha value is -1.46. The minimum absolute atomic E-state index is 0.352. The van der Waals surface area contributed by atoms with Crippen LogP contribution in [0.1, 0.15) is 30.0 Å². The van der Waals surface area contributed by atoms with Gasteiger partial charge in [0.05, 0.1) is 6.54 Å². The maximum absolute atomic E-state index is 9.40. The first-order valence-electron chi connectivity index (χ1n) is 5.30. The van der Waals surface area contributed by atoms with Crippen LogP contribution in [0.15, 0.2) is 18.2 Å². The molecule has 0 radical (unpaired) electrons. The van der Waals surface area contributed by atoms with E-state index < -0.39 is 0 Å². The second kappa shape index (κ2) is 4.37. The lowest BCUT2D eigenvalue weighted by atomic mass is 9.87. The molecule has 2 rings (SSSR count). The van der Waals surface area contributed by atoms with E-state index in [9.17, 15) is 5.11 Å². The number of hydrogen-bond donors (Lipinski definition) is 2. The van der Waals surface area contributed by atoms with Gasteiger partial charge in [-0.3, -0.25) is 5.32 Å². The van der Waals surface area contributed by atoms with E-state index in [1.165, 1.54) is 11.1 Å². The molecule has 0 aromatic heterocycles. The summed E-state index contributed by atoms with van der Waals surface area (Å²) >= 11 is 0. The fourth-order valence-corrected chi connectivity index (χ4v) is 2.19. The van der Waals surface area contributed by atoms with E-state index in [1.54, 1.807) is 6.07 Å². The molecule has 2 nitrogen and oxygen atoms in total. The number of nitrogens with one attached hydrogen (secondary N) is 1. The number of phenolic OH excluding ortho intramolecular Hbond substituents is 1. The van der Waals surface area contributed by atoms with Crippen molar-refractivity contribution in [3.8, 4) is 18.1 Å². The lowest BCUT2D eigenvalue weighted by Gasteiger charge is -2.25. The van der Waals surface area contributed by atoms with Crippen molar-refractivity contribution >= 4 is 0 Å².